The van der Waals surface area contributed by atoms with Gasteiger partial charge in [0.1, 0.15) is 11.5 Å². The van der Waals surface area contributed by atoms with Crippen molar-refractivity contribution in [1.29, 1.82) is 0 Å². The molecule has 2 heterocycles. The molecule has 5 rings (SSSR count). The van der Waals surface area contributed by atoms with E-state index in [4.69, 9.17) is 29.2 Å². The van der Waals surface area contributed by atoms with E-state index in [0.29, 0.717) is 69.1 Å². The number of hydrogen-bond acceptors (Lipinski definition) is 11. The minimum atomic E-state index is -4.01. The van der Waals surface area contributed by atoms with Crippen molar-refractivity contribution in [1.82, 2.24) is 5.06 Å². The van der Waals surface area contributed by atoms with Crippen molar-refractivity contribution in [2.45, 2.75) is 74.2 Å². The fraction of sp³-hybridized carbons (Fsp3) is 0.412. The number of aryl methyl sites for hydroxylation is 1. The van der Waals surface area contributed by atoms with E-state index in [-0.39, 0.29) is 27.3 Å². The molecule has 1 unspecified atom stereocenters. The van der Waals surface area contributed by atoms with E-state index in [0.717, 1.165) is 24.5 Å². The van der Waals surface area contributed by atoms with Gasteiger partial charge in [-0.15, -0.1) is 4.99 Å². The third-order valence-corrected chi connectivity index (χ3v) is 10.2. The standard InChI is InChI=1S/C34H41N3O10S2/c1-34(2)44-24-31-32(46-34)16-15-26(33(31)38)10-6-12-28(37-18-21-45-47-37)17-20-43-19-4-3-8-25-9-5-14-30(22-25)49(41,42)36-27-11-7-13-29(23-27)48(35,39)40/h5,7,9,11,13-16,22-23,28,36,38H,4,6,10,12,17-21,24H2,1-2H3,(H2,35,39,40). The number of hydroxylamine groups is 2. The summed E-state index contributed by atoms with van der Waals surface area (Å²) in [6.07, 6.45) is 3.42. The third kappa shape index (κ3) is 10.2. The highest BCUT2D eigenvalue weighted by atomic mass is 32.2. The number of sulfonamides is 2. The highest BCUT2D eigenvalue weighted by Crippen LogP contribution is 2.39. The first-order chi connectivity index (χ1) is 23.3. The largest absolute Gasteiger partial charge is 0.507 e. The zero-order valence-electron chi connectivity index (χ0n) is 27.4. The van der Waals surface area contributed by atoms with Crippen molar-refractivity contribution in [3.63, 3.8) is 0 Å². The van der Waals surface area contributed by atoms with Gasteiger partial charge in [0.2, 0.25) is 15.8 Å². The zero-order chi connectivity index (χ0) is 35.1. The molecule has 0 saturated carbocycles. The number of nitrogens with one attached hydrogen (secondary N) is 1. The Morgan fingerprint density at radius 3 is 2.61 bits per heavy atom. The molecule has 49 heavy (non-hydrogen) atoms. The van der Waals surface area contributed by atoms with E-state index < -0.39 is 25.8 Å². The lowest BCUT2D eigenvalue weighted by molar-refractivity contribution is -0.382. The number of primary sulfonamides is 1. The molecule has 13 nitrogen and oxygen atoms in total. The van der Waals surface area contributed by atoms with Gasteiger partial charge in [-0.1, -0.05) is 30.0 Å². The van der Waals surface area contributed by atoms with Gasteiger partial charge in [-0.3, -0.25) is 4.72 Å². The quantitative estimate of drug-likeness (QED) is 0.124. The lowest BCUT2D eigenvalue weighted by Crippen LogP contribution is -2.35. The van der Waals surface area contributed by atoms with Gasteiger partial charge in [-0.25, -0.2) is 26.9 Å². The Hall–Kier alpha value is -3.72. The second-order valence-electron chi connectivity index (χ2n) is 12.1. The molecule has 1 atom stereocenters. The number of ether oxygens (including phenoxy) is 3. The van der Waals surface area contributed by atoms with Crippen molar-refractivity contribution < 1.29 is 46.0 Å². The maximum absolute atomic E-state index is 12.9. The van der Waals surface area contributed by atoms with Crippen LogP contribution in [0.4, 0.5) is 5.69 Å². The molecule has 0 radical (unpaired) electrons. The summed E-state index contributed by atoms with van der Waals surface area (Å²) >= 11 is 0. The first kappa shape index (κ1) is 36.6. The Morgan fingerprint density at radius 2 is 1.84 bits per heavy atom. The molecule has 3 aromatic rings. The average molecular weight is 716 g/mol. The van der Waals surface area contributed by atoms with E-state index in [2.05, 4.69) is 16.6 Å². The van der Waals surface area contributed by atoms with Gasteiger partial charge in [0.15, 0.2) is 0 Å². The van der Waals surface area contributed by atoms with Gasteiger partial charge in [-0.05, 0) is 73.7 Å². The van der Waals surface area contributed by atoms with Crippen LogP contribution in [0.1, 0.15) is 56.2 Å². The summed E-state index contributed by atoms with van der Waals surface area (Å²) in [7, 11) is -8.00. The number of fused-ring (bicyclic) bond motifs is 1. The van der Waals surface area contributed by atoms with Gasteiger partial charge in [0.05, 0.1) is 47.4 Å². The molecule has 0 amide bonds. The van der Waals surface area contributed by atoms with Gasteiger partial charge >= 0.3 is 0 Å². The average Bonchev–Trinajstić information content (AvgIpc) is 3.59. The number of aromatic hydroxyl groups is 1. The number of phenols is 1. The maximum Gasteiger partial charge on any atom is 0.261 e. The van der Waals surface area contributed by atoms with Crippen molar-refractivity contribution >= 4 is 25.7 Å². The monoisotopic (exact) mass is 715 g/mol. The van der Waals surface area contributed by atoms with E-state index in [9.17, 15) is 21.9 Å². The van der Waals surface area contributed by atoms with Crippen molar-refractivity contribution in [3.05, 3.63) is 77.4 Å². The molecular weight excluding hydrogens is 675 g/mol. The number of nitrogens with zero attached hydrogens (tertiary/aromatic N) is 1. The number of anilines is 1. The molecular formula is C34H41N3O10S2. The first-order valence-electron chi connectivity index (χ1n) is 15.9. The van der Waals surface area contributed by atoms with Gasteiger partial charge < -0.3 is 19.3 Å². The molecule has 2 aliphatic rings. The molecule has 0 bridgehead atoms. The molecule has 1 saturated heterocycles. The normalized spacial score (nSPS) is 16.6. The van der Waals surface area contributed by atoms with Crippen LogP contribution in [-0.2, 0) is 52.4 Å². The fourth-order valence-corrected chi connectivity index (χ4v) is 7.07. The SMILES string of the molecule is CC1(C)OCc2c(ccc(CCCC(CCOCCC#Cc3cccc(S(=O)(=O)Nc4cccc(S(N)(=O)=O)c4)c3)N3CCOO3)c2O)O1. The van der Waals surface area contributed by atoms with Crippen molar-refractivity contribution in [2.24, 2.45) is 5.14 Å². The summed E-state index contributed by atoms with van der Waals surface area (Å²) in [6.45, 7) is 5.97. The second kappa shape index (κ2) is 15.9. The topological polar surface area (TPSA) is 176 Å². The van der Waals surface area contributed by atoms with Crippen LogP contribution >= 0.6 is 0 Å². The van der Waals surface area contributed by atoms with E-state index in [1.807, 2.05) is 31.0 Å². The predicted molar refractivity (Wildman–Crippen MR) is 180 cm³/mol. The lowest BCUT2D eigenvalue weighted by atomic mass is 9.99. The molecule has 2 aliphatic heterocycles. The van der Waals surface area contributed by atoms with Crippen molar-refractivity contribution in [2.75, 3.05) is 31.1 Å². The maximum atomic E-state index is 12.9. The number of rotatable bonds is 14. The molecule has 3 aromatic carbocycles. The highest BCUT2D eigenvalue weighted by Gasteiger charge is 2.30. The number of phenolic OH excluding ortho intramolecular Hbond substituents is 1. The summed E-state index contributed by atoms with van der Waals surface area (Å²) in [5.41, 5.74) is 2.07. The van der Waals surface area contributed by atoms with Gasteiger partial charge in [0, 0.05) is 38.5 Å². The summed E-state index contributed by atoms with van der Waals surface area (Å²) in [5.74, 6) is 6.11. The van der Waals surface area contributed by atoms with Crippen LogP contribution in [-0.4, -0.2) is 65.2 Å². The predicted octanol–water partition coefficient (Wildman–Crippen LogP) is 4.20. The summed E-state index contributed by atoms with van der Waals surface area (Å²) in [6, 6.07) is 15.2. The minimum absolute atomic E-state index is 0.0235. The molecule has 0 spiro atoms. The lowest BCUT2D eigenvalue weighted by Gasteiger charge is -2.33. The summed E-state index contributed by atoms with van der Waals surface area (Å²) in [4.78, 5) is 10.2. The van der Waals surface area contributed by atoms with Crippen molar-refractivity contribution in [3.8, 4) is 23.3 Å². The molecule has 15 heteroatoms. The Morgan fingerprint density at radius 1 is 1.04 bits per heavy atom. The minimum Gasteiger partial charge on any atom is -0.507 e. The molecule has 0 aliphatic carbocycles. The molecule has 4 N–H and O–H groups in total. The van der Waals surface area contributed by atoms with Crippen LogP contribution in [0.25, 0.3) is 0 Å². The molecule has 1 fully saturated rings. The highest BCUT2D eigenvalue weighted by molar-refractivity contribution is 7.92. The Kier molecular flexibility index (Phi) is 11.8. The number of benzene rings is 3. The second-order valence-corrected chi connectivity index (χ2v) is 15.3. The smallest absolute Gasteiger partial charge is 0.261 e. The van der Waals surface area contributed by atoms with Gasteiger partial charge in [0.25, 0.3) is 10.0 Å². The number of hydrogen-bond donors (Lipinski definition) is 3. The van der Waals surface area contributed by atoms with Crippen LogP contribution in [0, 0.1) is 11.8 Å². The van der Waals surface area contributed by atoms with E-state index in [1.165, 1.54) is 30.3 Å². The van der Waals surface area contributed by atoms with E-state index >= 15 is 0 Å². The fourth-order valence-electron chi connectivity index (χ4n) is 5.42. The summed E-state index contributed by atoms with van der Waals surface area (Å²) < 4.78 is 68.9. The van der Waals surface area contributed by atoms with Crippen LogP contribution in [0.15, 0.2) is 70.5 Å². The third-order valence-electron chi connectivity index (χ3n) is 7.94. The first-order valence-corrected chi connectivity index (χ1v) is 18.9. The Balaban J connectivity index is 1.08. The summed E-state index contributed by atoms with van der Waals surface area (Å²) in [5, 5.41) is 17.8. The van der Waals surface area contributed by atoms with Crippen LogP contribution < -0.4 is 14.6 Å². The molecule has 0 aromatic heterocycles. The van der Waals surface area contributed by atoms with Gasteiger partial charge in [-0.2, -0.15) is 5.06 Å². The van der Waals surface area contributed by atoms with E-state index in [1.54, 1.807) is 12.1 Å². The van der Waals surface area contributed by atoms with Crippen LogP contribution in [0.3, 0.4) is 0 Å². The number of nitrogens with two attached hydrogens (primary N) is 1. The zero-order valence-corrected chi connectivity index (χ0v) is 29.0. The molecule has 264 valence electrons. The Bertz CT molecular complexity index is 1900. The van der Waals surface area contributed by atoms with Crippen LogP contribution in [0.5, 0.6) is 11.5 Å². The van der Waals surface area contributed by atoms with Crippen LogP contribution in [0.2, 0.25) is 0 Å². The Labute approximate surface area is 287 Å².